The van der Waals surface area contributed by atoms with Crippen molar-refractivity contribution >= 4 is 11.3 Å². The van der Waals surface area contributed by atoms with Gasteiger partial charge in [-0.25, -0.2) is 4.98 Å². The van der Waals surface area contributed by atoms with E-state index >= 15 is 0 Å². The molecule has 0 spiro atoms. The van der Waals surface area contributed by atoms with E-state index in [2.05, 4.69) is 20.7 Å². The van der Waals surface area contributed by atoms with Crippen LogP contribution in [-0.2, 0) is 13.1 Å². The van der Waals surface area contributed by atoms with Crippen LogP contribution < -0.4 is 5.32 Å². The zero-order chi connectivity index (χ0) is 12.9. The standard InChI is InChI=1S/C14H13N3OS/c1-2-5-16-13(3-1)14-17-12(10-19-14)8-15-7-11-4-6-18-9-11/h1-6,9-10,15H,7-8H2. The first-order valence-electron chi connectivity index (χ1n) is 5.99. The summed E-state index contributed by atoms with van der Waals surface area (Å²) in [6.07, 6.45) is 5.21. The van der Waals surface area contributed by atoms with E-state index in [0.29, 0.717) is 0 Å². The number of hydrogen-bond donors (Lipinski definition) is 1. The van der Waals surface area contributed by atoms with Crippen LogP contribution in [0.2, 0.25) is 0 Å². The first kappa shape index (κ1) is 12.1. The van der Waals surface area contributed by atoms with Crippen LogP contribution in [0.4, 0.5) is 0 Å². The molecule has 0 aliphatic heterocycles. The topological polar surface area (TPSA) is 51.0 Å². The van der Waals surface area contributed by atoms with Crippen LogP contribution in [0.5, 0.6) is 0 Å². The predicted molar refractivity (Wildman–Crippen MR) is 74.6 cm³/mol. The summed E-state index contributed by atoms with van der Waals surface area (Å²) in [6, 6.07) is 7.81. The monoisotopic (exact) mass is 271 g/mol. The molecule has 19 heavy (non-hydrogen) atoms. The lowest BCUT2D eigenvalue weighted by Gasteiger charge is -1.99. The number of rotatable bonds is 5. The molecule has 0 fully saturated rings. The molecular formula is C14H13N3OS. The van der Waals surface area contributed by atoms with Crippen LogP contribution >= 0.6 is 11.3 Å². The molecule has 0 saturated carbocycles. The van der Waals surface area contributed by atoms with E-state index < -0.39 is 0 Å². The number of aromatic nitrogens is 2. The summed E-state index contributed by atoms with van der Waals surface area (Å²) in [5.41, 5.74) is 3.10. The Bertz CT molecular complexity index is 619. The van der Waals surface area contributed by atoms with Crippen molar-refractivity contribution in [3.63, 3.8) is 0 Å². The fourth-order valence-corrected chi connectivity index (χ4v) is 2.52. The van der Waals surface area contributed by atoms with Crippen molar-refractivity contribution in [1.82, 2.24) is 15.3 Å². The highest BCUT2D eigenvalue weighted by atomic mass is 32.1. The van der Waals surface area contributed by atoms with E-state index in [1.165, 1.54) is 0 Å². The highest BCUT2D eigenvalue weighted by molar-refractivity contribution is 7.13. The minimum atomic E-state index is 0.745. The van der Waals surface area contributed by atoms with E-state index in [-0.39, 0.29) is 0 Å². The molecule has 5 heteroatoms. The Morgan fingerprint density at radius 2 is 2.21 bits per heavy atom. The molecule has 0 saturated heterocycles. The molecule has 0 unspecified atom stereocenters. The van der Waals surface area contributed by atoms with E-state index in [9.17, 15) is 0 Å². The van der Waals surface area contributed by atoms with Gasteiger partial charge in [0.05, 0.1) is 23.9 Å². The lowest BCUT2D eigenvalue weighted by Crippen LogP contribution is -2.12. The maximum atomic E-state index is 5.02. The van der Waals surface area contributed by atoms with Crippen molar-refractivity contribution in [2.75, 3.05) is 0 Å². The highest BCUT2D eigenvalue weighted by Crippen LogP contribution is 2.21. The molecule has 4 nitrogen and oxygen atoms in total. The van der Waals surface area contributed by atoms with Crippen molar-refractivity contribution < 1.29 is 4.42 Å². The van der Waals surface area contributed by atoms with Crippen LogP contribution in [0, 0.1) is 0 Å². The Labute approximate surface area is 115 Å². The molecular weight excluding hydrogens is 258 g/mol. The van der Waals surface area contributed by atoms with E-state index in [4.69, 9.17) is 4.42 Å². The molecule has 0 aliphatic rings. The average molecular weight is 271 g/mol. The second-order valence-electron chi connectivity index (χ2n) is 4.09. The van der Waals surface area contributed by atoms with Crippen LogP contribution in [-0.4, -0.2) is 9.97 Å². The van der Waals surface area contributed by atoms with Gasteiger partial charge < -0.3 is 9.73 Å². The number of nitrogens with one attached hydrogen (secondary N) is 1. The van der Waals surface area contributed by atoms with Gasteiger partial charge in [-0.2, -0.15) is 0 Å². The van der Waals surface area contributed by atoms with Gasteiger partial charge in [0, 0.05) is 30.2 Å². The molecule has 3 aromatic rings. The third kappa shape index (κ3) is 3.07. The third-order valence-electron chi connectivity index (χ3n) is 2.65. The minimum absolute atomic E-state index is 0.745. The molecule has 0 atom stereocenters. The van der Waals surface area contributed by atoms with Gasteiger partial charge in [0.25, 0.3) is 0 Å². The van der Waals surface area contributed by atoms with Crippen LogP contribution in [0.15, 0.2) is 52.8 Å². The van der Waals surface area contributed by atoms with Gasteiger partial charge in [-0.1, -0.05) is 6.07 Å². The Morgan fingerprint density at radius 1 is 1.21 bits per heavy atom. The zero-order valence-corrected chi connectivity index (χ0v) is 11.1. The molecule has 96 valence electrons. The summed E-state index contributed by atoms with van der Waals surface area (Å²) in [6.45, 7) is 1.53. The van der Waals surface area contributed by atoms with Crippen molar-refractivity contribution in [2.24, 2.45) is 0 Å². The lowest BCUT2D eigenvalue weighted by molar-refractivity contribution is 0.560. The predicted octanol–water partition coefficient (Wildman–Crippen LogP) is 3.09. The summed E-state index contributed by atoms with van der Waals surface area (Å²) in [5, 5.41) is 6.35. The number of furan rings is 1. The minimum Gasteiger partial charge on any atom is -0.472 e. The summed E-state index contributed by atoms with van der Waals surface area (Å²) in [7, 11) is 0. The molecule has 0 aliphatic carbocycles. The van der Waals surface area contributed by atoms with E-state index in [1.54, 1.807) is 30.1 Å². The SMILES string of the molecule is c1ccc(-c2nc(CNCc3ccoc3)cs2)nc1. The van der Waals surface area contributed by atoms with Gasteiger partial charge in [-0.3, -0.25) is 4.98 Å². The van der Waals surface area contributed by atoms with Gasteiger partial charge >= 0.3 is 0 Å². The van der Waals surface area contributed by atoms with Crippen molar-refractivity contribution in [3.05, 3.63) is 59.6 Å². The molecule has 0 amide bonds. The van der Waals surface area contributed by atoms with Gasteiger partial charge in [-0.05, 0) is 18.2 Å². The van der Waals surface area contributed by atoms with Crippen LogP contribution in [0.1, 0.15) is 11.3 Å². The molecule has 1 N–H and O–H groups in total. The van der Waals surface area contributed by atoms with Crippen LogP contribution in [0.3, 0.4) is 0 Å². The Morgan fingerprint density at radius 3 is 3.00 bits per heavy atom. The molecule has 3 aromatic heterocycles. The normalized spacial score (nSPS) is 10.7. The fraction of sp³-hybridized carbons (Fsp3) is 0.143. The summed E-state index contributed by atoms with van der Waals surface area (Å²) >= 11 is 1.62. The molecule has 0 aromatic carbocycles. The van der Waals surface area contributed by atoms with Crippen molar-refractivity contribution in [1.29, 1.82) is 0 Å². The summed E-state index contributed by atoms with van der Waals surface area (Å²) < 4.78 is 5.02. The first-order chi connectivity index (χ1) is 9.42. The van der Waals surface area contributed by atoms with Crippen molar-refractivity contribution in [2.45, 2.75) is 13.1 Å². The van der Waals surface area contributed by atoms with Gasteiger partial charge in [0.15, 0.2) is 0 Å². The fourth-order valence-electron chi connectivity index (χ4n) is 1.72. The smallest absolute Gasteiger partial charge is 0.142 e. The zero-order valence-electron chi connectivity index (χ0n) is 10.2. The summed E-state index contributed by atoms with van der Waals surface area (Å²) in [5.74, 6) is 0. The first-order valence-corrected chi connectivity index (χ1v) is 6.87. The lowest BCUT2D eigenvalue weighted by atomic mass is 10.3. The number of hydrogen-bond acceptors (Lipinski definition) is 5. The maximum Gasteiger partial charge on any atom is 0.142 e. The molecule has 0 bridgehead atoms. The summed E-state index contributed by atoms with van der Waals surface area (Å²) in [4.78, 5) is 8.87. The molecule has 3 heterocycles. The highest BCUT2D eigenvalue weighted by Gasteiger charge is 2.05. The Hall–Kier alpha value is -1.98. The quantitative estimate of drug-likeness (QED) is 0.774. The van der Waals surface area contributed by atoms with E-state index in [0.717, 1.165) is 35.0 Å². The third-order valence-corrected chi connectivity index (χ3v) is 3.56. The van der Waals surface area contributed by atoms with Gasteiger partial charge in [0.1, 0.15) is 5.01 Å². The molecule has 0 radical (unpaired) electrons. The van der Waals surface area contributed by atoms with E-state index in [1.807, 2.05) is 24.3 Å². The second-order valence-corrected chi connectivity index (χ2v) is 4.95. The largest absolute Gasteiger partial charge is 0.472 e. The Kier molecular flexibility index (Phi) is 3.67. The van der Waals surface area contributed by atoms with Crippen LogP contribution in [0.25, 0.3) is 10.7 Å². The number of pyridine rings is 1. The maximum absolute atomic E-state index is 5.02. The van der Waals surface area contributed by atoms with Crippen molar-refractivity contribution in [3.8, 4) is 10.7 Å². The second kappa shape index (κ2) is 5.77. The number of thiazole rings is 1. The average Bonchev–Trinajstić information content (AvgIpc) is 3.11. The molecule has 3 rings (SSSR count). The number of nitrogens with zero attached hydrogens (tertiary/aromatic N) is 2. The van der Waals surface area contributed by atoms with Gasteiger partial charge in [0.2, 0.25) is 0 Å². The Balaban J connectivity index is 1.59. The van der Waals surface area contributed by atoms with Gasteiger partial charge in [-0.15, -0.1) is 11.3 Å².